The highest BCUT2D eigenvalue weighted by atomic mass is 32.1. The molecule has 0 atom stereocenters. The molecule has 3 heterocycles. The second kappa shape index (κ2) is 6.17. The Hall–Kier alpha value is -2.03. The van der Waals surface area contributed by atoms with E-state index in [1.54, 1.807) is 22.2 Å². The smallest absolute Gasteiger partial charge is 0.163 e. The van der Waals surface area contributed by atoms with Crippen LogP contribution in [0.1, 0.15) is 10.7 Å². The van der Waals surface area contributed by atoms with Crippen LogP contribution in [0.4, 0.5) is 5.82 Å². The van der Waals surface area contributed by atoms with Crippen LogP contribution in [0, 0.1) is 0 Å². The molecule has 0 fully saturated rings. The molecule has 8 heteroatoms. The van der Waals surface area contributed by atoms with E-state index < -0.39 is 0 Å². The Morgan fingerprint density at radius 1 is 1.43 bits per heavy atom. The van der Waals surface area contributed by atoms with E-state index in [0.717, 1.165) is 17.5 Å². The number of ether oxygens (including phenoxy) is 1. The number of aromatic nitrogens is 4. The van der Waals surface area contributed by atoms with Crippen molar-refractivity contribution in [2.45, 2.75) is 13.0 Å². The average Bonchev–Trinajstić information content (AvgIpc) is 3.13. The Balaban J connectivity index is 1.67. The summed E-state index contributed by atoms with van der Waals surface area (Å²) in [6, 6.07) is 4.14. The van der Waals surface area contributed by atoms with E-state index >= 15 is 0 Å². The first-order valence-electron chi connectivity index (χ1n) is 6.53. The predicted molar refractivity (Wildman–Crippen MR) is 81.8 cm³/mol. The third-order valence-corrected chi connectivity index (χ3v) is 4.02. The summed E-state index contributed by atoms with van der Waals surface area (Å²) in [4.78, 5) is 10.1. The largest absolute Gasteiger partial charge is 0.373 e. The van der Waals surface area contributed by atoms with Crippen molar-refractivity contribution in [2.75, 3.05) is 12.0 Å². The van der Waals surface area contributed by atoms with Gasteiger partial charge in [-0.05, 0) is 11.4 Å². The van der Waals surface area contributed by atoms with Gasteiger partial charge in [-0.1, -0.05) is 6.07 Å². The SMILES string of the molecule is Cn1ncc2c(NN)nc(COCCc3cccs3)nc21. The van der Waals surface area contributed by atoms with Crippen LogP contribution in [0.3, 0.4) is 0 Å². The molecule has 0 bridgehead atoms. The van der Waals surface area contributed by atoms with Gasteiger partial charge in [0, 0.05) is 18.3 Å². The van der Waals surface area contributed by atoms with Crippen LogP contribution in [-0.4, -0.2) is 26.4 Å². The van der Waals surface area contributed by atoms with Crippen molar-refractivity contribution in [1.29, 1.82) is 0 Å². The molecule has 0 saturated heterocycles. The topological polar surface area (TPSA) is 90.9 Å². The molecule has 3 N–H and O–H groups in total. The Kier molecular flexibility index (Phi) is 4.09. The molecule has 7 nitrogen and oxygen atoms in total. The van der Waals surface area contributed by atoms with Gasteiger partial charge in [0.05, 0.1) is 18.2 Å². The second-order valence-corrected chi connectivity index (χ2v) is 5.55. The molecule has 3 aromatic heterocycles. The molecule has 3 rings (SSSR count). The second-order valence-electron chi connectivity index (χ2n) is 4.52. The van der Waals surface area contributed by atoms with Crippen LogP contribution >= 0.6 is 11.3 Å². The Morgan fingerprint density at radius 3 is 3.10 bits per heavy atom. The summed E-state index contributed by atoms with van der Waals surface area (Å²) in [7, 11) is 1.83. The molecule has 110 valence electrons. The van der Waals surface area contributed by atoms with Gasteiger partial charge in [0.15, 0.2) is 17.3 Å². The number of anilines is 1. The fourth-order valence-electron chi connectivity index (χ4n) is 2.03. The lowest BCUT2D eigenvalue weighted by molar-refractivity contribution is 0.119. The number of thiophene rings is 1. The van der Waals surface area contributed by atoms with Crippen LogP contribution < -0.4 is 11.3 Å². The maximum Gasteiger partial charge on any atom is 0.163 e. The summed E-state index contributed by atoms with van der Waals surface area (Å²) in [5.74, 6) is 6.64. The normalized spacial score (nSPS) is 11.1. The van der Waals surface area contributed by atoms with Crippen molar-refractivity contribution in [3.8, 4) is 0 Å². The standard InChI is InChI=1S/C13H16N6OS/c1-19-13-10(7-15-19)12(18-14)16-11(17-13)8-20-5-4-9-3-2-6-21-9/h2-3,6-7H,4-5,8,14H2,1H3,(H,16,17,18). The molecular formula is C13H16N6OS. The maximum absolute atomic E-state index is 5.64. The van der Waals surface area contributed by atoms with Crippen molar-refractivity contribution in [3.63, 3.8) is 0 Å². The van der Waals surface area contributed by atoms with Crippen molar-refractivity contribution < 1.29 is 4.74 Å². The van der Waals surface area contributed by atoms with Gasteiger partial charge in [-0.2, -0.15) is 5.10 Å². The maximum atomic E-state index is 5.64. The number of fused-ring (bicyclic) bond motifs is 1. The first-order valence-corrected chi connectivity index (χ1v) is 7.41. The lowest BCUT2D eigenvalue weighted by Gasteiger charge is -2.06. The summed E-state index contributed by atoms with van der Waals surface area (Å²) in [5, 5.41) is 7.01. The molecule has 0 amide bonds. The summed E-state index contributed by atoms with van der Waals surface area (Å²) >= 11 is 1.73. The molecule has 0 aliphatic carbocycles. The molecule has 21 heavy (non-hydrogen) atoms. The van der Waals surface area contributed by atoms with Crippen molar-refractivity contribution >= 4 is 28.2 Å². The van der Waals surface area contributed by atoms with E-state index in [1.807, 2.05) is 13.1 Å². The van der Waals surface area contributed by atoms with Gasteiger partial charge in [-0.3, -0.25) is 4.68 Å². The van der Waals surface area contributed by atoms with E-state index in [0.29, 0.717) is 24.9 Å². The Morgan fingerprint density at radius 2 is 2.33 bits per heavy atom. The summed E-state index contributed by atoms with van der Waals surface area (Å²) in [5.41, 5.74) is 3.31. The first-order chi connectivity index (χ1) is 10.3. The van der Waals surface area contributed by atoms with Gasteiger partial charge < -0.3 is 10.2 Å². The van der Waals surface area contributed by atoms with Gasteiger partial charge in [0.2, 0.25) is 0 Å². The highest BCUT2D eigenvalue weighted by Gasteiger charge is 2.10. The molecular weight excluding hydrogens is 288 g/mol. The summed E-state index contributed by atoms with van der Waals surface area (Å²) in [6.07, 6.45) is 2.58. The lowest BCUT2D eigenvalue weighted by Crippen LogP contribution is -2.12. The lowest BCUT2D eigenvalue weighted by atomic mass is 10.3. The van der Waals surface area contributed by atoms with Crippen molar-refractivity contribution in [1.82, 2.24) is 19.7 Å². The van der Waals surface area contributed by atoms with Crippen molar-refractivity contribution in [2.24, 2.45) is 12.9 Å². The molecule has 0 aliphatic heterocycles. The molecule has 0 aromatic carbocycles. The van der Waals surface area contributed by atoms with Gasteiger partial charge in [0.25, 0.3) is 0 Å². The van der Waals surface area contributed by atoms with E-state index in [2.05, 4.69) is 31.9 Å². The Labute approximate surface area is 125 Å². The minimum atomic E-state index is 0.348. The first kappa shape index (κ1) is 13.9. The van der Waals surface area contributed by atoms with Crippen LogP contribution in [0.25, 0.3) is 11.0 Å². The molecule has 3 aromatic rings. The zero-order chi connectivity index (χ0) is 14.7. The van der Waals surface area contributed by atoms with Crippen LogP contribution in [0.15, 0.2) is 23.7 Å². The van der Waals surface area contributed by atoms with Crippen LogP contribution in [0.2, 0.25) is 0 Å². The third kappa shape index (κ3) is 3.02. The minimum absolute atomic E-state index is 0.348. The number of nitrogens with two attached hydrogens (primary N) is 1. The number of hydrogen-bond donors (Lipinski definition) is 2. The minimum Gasteiger partial charge on any atom is -0.373 e. The van der Waals surface area contributed by atoms with Gasteiger partial charge in [-0.15, -0.1) is 11.3 Å². The average molecular weight is 304 g/mol. The molecule has 0 saturated carbocycles. The quantitative estimate of drug-likeness (QED) is 0.407. The molecule has 0 unspecified atom stereocenters. The molecule has 0 radical (unpaired) electrons. The highest BCUT2D eigenvalue weighted by Crippen LogP contribution is 2.18. The number of nitrogens with one attached hydrogen (secondary N) is 1. The third-order valence-electron chi connectivity index (χ3n) is 3.08. The number of nitrogen functional groups attached to an aromatic ring is 1. The number of aryl methyl sites for hydroxylation is 1. The molecule has 0 aliphatic rings. The molecule has 0 spiro atoms. The van der Waals surface area contributed by atoms with E-state index in [-0.39, 0.29) is 0 Å². The van der Waals surface area contributed by atoms with Crippen LogP contribution in [0.5, 0.6) is 0 Å². The summed E-state index contributed by atoms with van der Waals surface area (Å²) < 4.78 is 7.33. The Bertz CT molecular complexity index is 724. The van der Waals surface area contributed by atoms with Crippen molar-refractivity contribution in [3.05, 3.63) is 34.4 Å². The van der Waals surface area contributed by atoms with Gasteiger partial charge >= 0.3 is 0 Å². The number of hydrazine groups is 1. The number of nitrogens with zero attached hydrogens (tertiary/aromatic N) is 4. The van der Waals surface area contributed by atoms with E-state index in [4.69, 9.17) is 10.6 Å². The fraction of sp³-hybridized carbons (Fsp3) is 0.308. The van der Waals surface area contributed by atoms with Crippen LogP contribution in [-0.2, 0) is 24.8 Å². The van der Waals surface area contributed by atoms with Gasteiger partial charge in [-0.25, -0.2) is 15.8 Å². The van der Waals surface area contributed by atoms with E-state index in [9.17, 15) is 0 Å². The number of rotatable bonds is 6. The highest BCUT2D eigenvalue weighted by molar-refractivity contribution is 7.09. The fourth-order valence-corrected chi connectivity index (χ4v) is 2.72. The monoisotopic (exact) mass is 304 g/mol. The summed E-state index contributed by atoms with van der Waals surface area (Å²) in [6.45, 7) is 0.986. The predicted octanol–water partition coefficient (Wildman–Crippen LogP) is 1.47. The zero-order valence-corrected chi connectivity index (χ0v) is 12.4. The zero-order valence-electron chi connectivity index (χ0n) is 11.6. The van der Waals surface area contributed by atoms with Gasteiger partial charge in [0.1, 0.15) is 6.61 Å². The van der Waals surface area contributed by atoms with E-state index in [1.165, 1.54) is 4.88 Å². The number of hydrogen-bond acceptors (Lipinski definition) is 7.